The number of thioether (sulfide) groups is 2. The van der Waals surface area contributed by atoms with E-state index in [0.717, 1.165) is 26.0 Å². The molecule has 7 heteroatoms. The molecule has 0 aromatic heterocycles. The van der Waals surface area contributed by atoms with E-state index >= 15 is 0 Å². The zero-order valence-electron chi connectivity index (χ0n) is 14.0. The number of halogens is 1. The van der Waals surface area contributed by atoms with Crippen molar-refractivity contribution in [3.8, 4) is 0 Å². The Hall–Kier alpha value is -1.44. The van der Waals surface area contributed by atoms with Gasteiger partial charge in [-0.3, -0.25) is 9.59 Å². The first-order valence-corrected chi connectivity index (χ1v) is 10.2. The van der Waals surface area contributed by atoms with Gasteiger partial charge in [0.15, 0.2) is 0 Å². The van der Waals surface area contributed by atoms with Crippen molar-refractivity contribution < 1.29 is 9.59 Å². The van der Waals surface area contributed by atoms with Crippen LogP contribution in [0.2, 0.25) is 0 Å². The number of carbonyl (C=O) groups excluding carboxylic acids is 2. The highest BCUT2D eigenvalue weighted by Gasteiger charge is 2.12. The van der Waals surface area contributed by atoms with E-state index in [0.29, 0.717) is 17.9 Å². The zero-order valence-corrected chi connectivity index (χ0v) is 17.2. The molecule has 0 aliphatic heterocycles. The molecule has 0 aliphatic carbocycles. The second kappa shape index (κ2) is 9.89. The van der Waals surface area contributed by atoms with Crippen LogP contribution < -0.4 is 5.32 Å². The van der Waals surface area contributed by atoms with Gasteiger partial charge in [0.2, 0.25) is 5.91 Å². The van der Waals surface area contributed by atoms with Crippen molar-refractivity contribution in [1.29, 1.82) is 0 Å². The molecule has 0 atom stereocenters. The van der Waals surface area contributed by atoms with Crippen LogP contribution in [0.5, 0.6) is 0 Å². The molecule has 2 rings (SSSR count). The number of hydrogen-bond acceptors (Lipinski definition) is 4. The van der Waals surface area contributed by atoms with E-state index in [1.54, 1.807) is 25.9 Å². The number of para-hydroxylation sites is 1. The lowest BCUT2D eigenvalue weighted by Gasteiger charge is -2.13. The summed E-state index contributed by atoms with van der Waals surface area (Å²) in [6, 6.07) is 15.3. The Labute approximate surface area is 164 Å². The number of benzene rings is 2. The third-order valence-electron chi connectivity index (χ3n) is 3.15. The largest absolute Gasteiger partial charge is 0.339 e. The summed E-state index contributed by atoms with van der Waals surface area (Å²) in [5.74, 6) is 0.616. The lowest BCUT2D eigenvalue weighted by Crippen LogP contribution is -2.17. The smallest absolute Gasteiger partial charge is 0.286 e. The number of amides is 2. The van der Waals surface area contributed by atoms with Crippen LogP contribution in [0.25, 0.3) is 0 Å². The number of hydrogen-bond donors (Lipinski definition) is 1. The highest BCUT2D eigenvalue weighted by molar-refractivity contribution is 9.10. The standard InChI is InChI=1S/C18H19BrN2O2S2/c1-21(2)18(23)25-16-10-6-4-8-14(16)20-17(22)11-12-24-15-9-5-3-7-13(15)19/h3-10H,11-12H2,1-2H3,(H,20,22). The fourth-order valence-corrected chi connectivity index (χ4v) is 4.14. The Morgan fingerprint density at radius 1 is 1.04 bits per heavy atom. The normalized spacial score (nSPS) is 10.4. The van der Waals surface area contributed by atoms with Crippen molar-refractivity contribution in [3.05, 3.63) is 53.0 Å². The summed E-state index contributed by atoms with van der Waals surface area (Å²) in [6.07, 6.45) is 0.395. The Morgan fingerprint density at radius 2 is 1.68 bits per heavy atom. The van der Waals surface area contributed by atoms with Crippen LogP contribution in [0.1, 0.15) is 6.42 Å². The van der Waals surface area contributed by atoms with E-state index in [2.05, 4.69) is 21.2 Å². The second-order valence-electron chi connectivity index (χ2n) is 5.34. The molecule has 0 bridgehead atoms. The van der Waals surface area contributed by atoms with Gasteiger partial charge in [-0.25, -0.2) is 0 Å². The Kier molecular flexibility index (Phi) is 7.87. The van der Waals surface area contributed by atoms with Crippen LogP contribution >= 0.6 is 39.5 Å². The van der Waals surface area contributed by atoms with Gasteiger partial charge in [0, 0.05) is 40.5 Å². The fourth-order valence-electron chi connectivity index (χ4n) is 1.87. The SMILES string of the molecule is CN(C)C(=O)Sc1ccccc1NC(=O)CCSc1ccccc1Br. The molecule has 2 aromatic rings. The first kappa shape index (κ1) is 19.9. The molecular weight excluding hydrogens is 420 g/mol. The van der Waals surface area contributed by atoms with Crippen molar-refractivity contribution in [2.24, 2.45) is 0 Å². The van der Waals surface area contributed by atoms with Crippen molar-refractivity contribution >= 4 is 56.3 Å². The molecule has 0 spiro atoms. The monoisotopic (exact) mass is 438 g/mol. The summed E-state index contributed by atoms with van der Waals surface area (Å²) < 4.78 is 1.03. The molecule has 2 aromatic carbocycles. The molecule has 2 amide bonds. The number of nitrogens with one attached hydrogen (secondary N) is 1. The topological polar surface area (TPSA) is 49.4 Å². The molecule has 0 radical (unpaired) electrons. The predicted molar refractivity (Wildman–Crippen MR) is 109 cm³/mol. The van der Waals surface area contributed by atoms with Crippen molar-refractivity contribution in [3.63, 3.8) is 0 Å². The van der Waals surface area contributed by atoms with E-state index < -0.39 is 0 Å². The van der Waals surface area contributed by atoms with Crippen LogP contribution in [0.4, 0.5) is 10.5 Å². The van der Waals surface area contributed by atoms with E-state index in [1.807, 2.05) is 48.5 Å². The minimum absolute atomic E-state index is 0.0649. The van der Waals surface area contributed by atoms with Crippen molar-refractivity contribution in [1.82, 2.24) is 4.90 Å². The number of anilines is 1. The maximum Gasteiger partial charge on any atom is 0.286 e. The molecule has 0 unspecified atom stereocenters. The maximum atomic E-state index is 12.2. The van der Waals surface area contributed by atoms with Gasteiger partial charge >= 0.3 is 0 Å². The average molecular weight is 439 g/mol. The lowest BCUT2D eigenvalue weighted by molar-refractivity contribution is -0.115. The molecule has 0 saturated heterocycles. The zero-order chi connectivity index (χ0) is 18.2. The van der Waals surface area contributed by atoms with Gasteiger partial charge in [-0.05, 0) is 52.0 Å². The fraction of sp³-hybridized carbons (Fsp3) is 0.222. The van der Waals surface area contributed by atoms with Gasteiger partial charge in [0.1, 0.15) is 0 Å². The van der Waals surface area contributed by atoms with Crippen LogP contribution in [0.15, 0.2) is 62.8 Å². The summed E-state index contributed by atoms with van der Waals surface area (Å²) >= 11 is 6.24. The molecule has 25 heavy (non-hydrogen) atoms. The molecule has 0 fully saturated rings. The van der Waals surface area contributed by atoms with E-state index in [1.165, 1.54) is 4.90 Å². The van der Waals surface area contributed by atoms with Gasteiger partial charge in [-0.2, -0.15) is 0 Å². The quantitative estimate of drug-likeness (QED) is 0.617. The van der Waals surface area contributed by atoms with Crippen LogP contribution in [-0.4, -0.2) is 35.9 Å². The molecule has 0 heterocycles. The van der Waals surface area contributed by atoms with Gasteiger partial charge in [-0.15, -0.1) is 11.8 Å². The van der Waals surface area contributed by atoms with Crippen LogP contribution in [0, 0.1) is 0 Å². The molecule has 1 N–H and O–H groups in total. The first-order valence-electron chi connectivity index (χ1n) is 7.62. The van der Waals surface area contributed by atoms with E-state index in [-0.39, 0.29) is 11.1 Å². The minimum Gasteiger partial charge on any atom is -0.339 e. The minimum atomic E-state index is -0.0776. The lowest BCUT2D eigenvalue weighted by atomic mass is 10.3. The molecule has 4 nitrogen and oxygen atoms in total. The predicted octanol–water partition coefficient (Wildman–Crippen LogP) is 5.34. The van der Waals surface area contributed by atoms with Crippen LogP contribution in [0.3, 0.4) is 0 Å². The van der Waals surface area contributed by atoms with Crippen molar-refractivity contribution in [2.75, 3.05) is 25.2 Å². The average Bonchev–Trinajstić information content (AvgIpc) is 2.58. The highest BCUT2D eigenvalue weighted by atomic mass is 79.9. The second-order valence-corrected chi connectivity index (χ2v) is 8.32. The van der Waals surface area contributed by atoms with E-state index in [4.69, 9.17) is 0 Å². The maximum absolute atomic E-state index is 12.2. The number of nitrogens with zero attached hydrogens (tertiary/aromatic N) is 1. The summed E-state index contributed by atoms with van der Waals surface area (Å²) in [5.41, 5.74) is 0.665. The Balaban J connectivity index is 1.90. The molecule has 0 aliphatic rings. The Bertz CT molecular complexity index is 753. The third-order valence-corrected chi connectivity index (χ3v) is 6.29. The van der Waals surface area contributed by atoms with E-state index in [9.17, 15) is 9.59 Å². The molecule has 132 valence electrons. The third kappa shape index (κ3) is 6.41. The van der Waals surface area contributed by atoms with Crippen molar-refractivity contribution in [2.45, 2.75) is 16.2 Å². The number of rotatable bonds is 6. The van der Waals surface area contributed by atoms with Gasteiger partial charge < -0.3 is 10.2 Å². The summed E-state index contributed by atoms with van der Waals surface area (Å²) in [7, 11) is 3.41. The summed E-state index contributed by atoms with van der Waals surface area (Å²) in [5, 5.41) is 2.82. The summed E-state index contributed by atoms with van der Waals surface area (Å²) in [6.45, 7) is 0. The van der Waals surface area contributed by atoms with Gasteiger partial charge in [0.25, 0.3) is 5.24 Å². The first-order chi connectivity index (χ1) is 12.0. The highest BCUT2D eigenvalue weighted by Crippen LogP contribution is 2.30. The Morgan fingerprint density at radius 3 is 2.36 bits per heavy atom. The number of carbonyl (C=O) groups is 2. The molecular formula is C18H19BrN2O2S2. The van der Waals surface area contributed by atoms with Gasteiger partial charge in [0.05, 0.1) is 5.69 Å². The van der Waals surface area contributed by atoms with Gasteiger partial charge in [-0.1, -0.05) is 24.3 Å². The summed E-state index contributed by atoms with van der Waals surface area (Å²) in [4.78, 5) is 27.5. The van der Waals surface area contributed by atoms with Crippen LogP contribution in [-0.2, 0) is 4.79 Å². The molecule has 0 saturated carbocycles.